The highest BCUT2D eigenvalue weighted by Gasteiger charge is 2.25. The molecule has 7 heteroatoms. The number of hydrogen-bond acceptors (Lipinski definition) is 3. The Morgan fingerprint density at radius 2 is 1.67 bits per heavy atom. The van der Waals surface area contributed by atoms with Crippen LogP contribution in [0.25, 0.3) is 0 Å². The number of rotatable bonds is 7. The van der Waals surface area contributed by atoms with E-state index in [0.29, 0.717) is 10.6 Å². The molecule has 24 heavy (non-hydrogen) atoms. The summed E-state index contributed by atoms with van der Waals surface area (Å²) in [5.41, 5.74) is 0.301. The fourth-order valence-electron chi connectivity index (χ4n) is 2.05. The molecule has 3 amide bonds. The minimum atomic E-state index is -0.763. The largest absolute Gasteiger partial charge is 0.352 e. The minimum absolute atomic E-state index is 0.00442. The average Bonchev–Trinajstić information content (AvgIpc) is 2.49. The summed E-state index contributed by atoms with van der Waals surface area (Å²) in [6, 6.07) is 5.84. The third kappa shape index (κ3) is 6.20. The first kappa shape index (κ1) is 20.0. The zero-order valence-corrected chi connectivity index (χ0v) is 15.1. The van der Waals surface area contributed by atoms with Gasteiger partial charge >= 0.3 is 0 Å². The van der Waals surface area contributed by atoms with Crippen molar-refractivity contribution in [3.05, 3.63) is 34.9 Å². The Kier molecular flexibility index (Phi) is 7.71. The second kappa shape index (κ2) is 9.27. The van der Waals surface area contributed by atoms with Crippen LogP contribution in [0.1, 0.15) is 38.1 Å². The van der Waals surface area contributed by atoms with E-state index in [2.05, 4.69) is 16.0 Å². The summed E-state index contributed by atoms with van der Waals surface area (Å²) < 4.78 is 0. The summed E-state index contributed by atoms with van der Waals surface area (Å²) in [6.45, 7) is 7.15. The van der Waals surface area contributed by atoms with Crippen LogP contribution in [0, 0.1) is 5.92 Å². The summed E-state index contributed by atoms with van der Waals surface area (Å²) >= 11 is 6.00. The van der Waals surface area contributed by atoms with E-state index in [9.17, 15) is 14.4 Å². The van der Waals surface area contributed by atoms with Gasteiger partial charge in [0.05, 0.1) is 17.1 Å². The summed E-state index contributed by atoms with van der Waals surface area (Å²) in [6.07, 6.45) is 0. The van der Waals surface area contributed by atoms with E-state index < -0.39 is 17.9 Å². The first-order valence-corrected chi connectivity index (χ1v) is 8.22. The van der Waals surface area contributed by atoms with Crippen molar-refractivity contribution < 1.29 is 14.4 Å². The molecule has 0 bridgehead atoms. The van der Waals surface area contributed by atoms with Crippen molar-refractivity contribution in [2.75, 3.05) is 6.54 Å². The fourth-order valence-corrected chi connectivity index (χ4v) is 2.27. The summed E-state index contributed by atoms with van der Waals surface area (Å²) in [5, 5.41) is 8.21. The van der Waals surface area contributed by atoms with Crippen LogP contribution < -0.4 is 16.0 Å². The second-order valence-electron chi connectivity index (χ2n) is 6.12. The van der Waals surface area contributed by atoms with Gasteiger partial charge in [0, 0.05) is 6.04 Å². The molecule has 0 fully saturated rings. The van der Waals surface area contributed by atoms with Crippen LogP contribution in [0.5, 0.6) is 0 Å². The molecular formula is C17H24ClN3O3. The predicted molar refractivity (Wildman–Crippen MR) is 93.8 cm³/mol. The second-order valence-corrected chi connectivity index (χ2v) is 6.52. The molecule has 1 aromatic carbocycles. The molecule has 1 rings (SSSR count). The molecule has 1 atom stereocenters. The van der Waals surface area contributed by atoms with Gasteiger partial charge in [0.2, 0.25) is 11.8 Å². The Balaban J connectivity index is 2.70. The van der Waals surface area contributed by atoms with Crippen LogP contribution >= 0.6 is 11.6 Å². The van der Waals surface area contributed by atoms with Crippen molar-refractivity contribution in [2.24, 2.45) is 5.92 Å². The summed E-state index contributed by atoms with van der Waals surface area (Å²) in [5.74, 6) is -1.27. The average molecular weight is 354 g/mol. The van der Waals surface area contributed by atoms with Gasteiger partial charge in [-0.2, -0.15) is 0 Å². The Labute approximate surface area is 147 Å². The van der Waals surface area contributed by atoms with Gasteiger partial charge in [0.15, 0.2) is 0 Å². The zero-order valence-electron chi connectivity index (χ0n) is 14.4. The molecule has 6 nitrogen and oxygen atoms in total. The smallest absolute Gasteiger partial charge is 0.253 e. The maximum Gasteiger partial charge on any atom is 0.253 e. The maximum atomic E-state index is 12.3. The van der Waals surface area contributed by atoms with Crippen LogP contribution in [0.15, 0.2) is 24.3 Å². The van der Waals surface area contributed by atoms with E-state index in [4.69, 9.17) is 11.6 Å². The molecule has 0 unspecified atom stereocenters. The van der Waals surface area contributed by atoms with E-state index in [0.717, 1.165) is 0 Å². The maximum absolute atomic E-state index is 12.3. The highest BCUT2D eigenvalue weighted by molar-refractivity contribution is 6.33. The SMILES string of the molecule is CC(C)NC(=O)CNC(=O)[C@@H](NC(=O)c1ccccc1Cl)C(C)C. The Bertz CT molecular complexity index is 602. The molecule has 1 aromatic rings. The Hall–Kier alpha value is -2.08. The summed E-state index contributed by atoms with van der Waals surface area (Å²) in [4.78, 5) is 36.2. The lowest BCUT2D eigenvalue weighted by atomic mass is 10.0. The van der Waals surface area contributed by atoms with Crippen molar-refractivity contribution in [1.29, 1.82) is 0 Å². The number of hydrogen-bond donors (Lipinski definition) is 3. The van der Waals surface area contributed by atoms with Gasteiger partial charge in [-0.1, -0.05) is 37.6 Å². The van der Waals surface area contributed by atoms with Gasteiger partial charge in [0.1, 0.15) is 6.04 Å². The van der Waals surface area contributed by atoms with Gasteiger partial charge in [-0.15, -0.1) is 0 Å². The van der Waals surface area contributed by atoms with Crippen LogP contribution in [0.2, 0.25) is 5.02 Å². The monoisotopic (exact) mass is 353 g/mol. The lowest BCUT2D eigenvalue weighted by Crippen LogP contribution is -2.51. The molecule has 0 aromatic heterocycles. The lowest BCUT2D eigenvalue weighted by Gasteiger charge is -2.22. The molecule has 0 radical (unpaired) electrons. The van der Waals surface area contributed by atoms with E-state index in [1.165, 1.54) is 0 Å². The third-order valence-electron chi connectivity index (χ3n) is 3.23. The number of halogens is 1. The normalized spacial score (nSPS) is 12.0. The highest BCUT2D eigenvalue weighted by Crippen LogP contribution is 2.15. The predicted octanol–water partition coefficient (Wildman–Crippen LogP) is 1.74. The molecule has 0 saturated heterocycles. The first-order valence-electron chi connectivity index (χ1n) is 7.84. The Morgan fingerprint density at radius 1 is 1.04 bits per heavy atom. The third-order valence-corrected chi connectivity index (χ3v) is 3.56. The quantitative estimate of drug-likeness (QED) is 0.697. The zero-order chi connectivity index (χ0) is 18.3. The molecule has 0 aliphatic carbocycles. The molecular weight excluding hydrogens is 330 g/mol. The number of carbonyl (C=O) groups excluding carboxylic acids is 3. The van der Waals surface area contributed by atoms with Gasteiger partial charge in [0.25, 0.3) is 5.91 Å². The van der Waals surface area contributed by atoms with E-state index in [-0.39, 0.29) is 24.4 Å². The molecule has 132 valence electrons. The fraction of sp³-hybridized carbons (Fsp3) is 0.471. The minimum Gasteiger partial charge on any atom is -0.352 e. The molecule has 0 aliphatic heterocycles. The van der Waals surface area contributed by atoms with Crippen molar-refractivity contribution in [3.8, 4) is 0 Å². The van der Waals surface area contributed by atoms with Crippen molar-refractivity contribution in [3.63, 3.8) is 0 Å². The van der Waals surface area contributed by atoms with Crippen LogP contribution in [-0.4, -0.2) is 36.3 Å². The number of carbonyl (C=O) groups is 3. The van der Waals surface area contributed by atoms with Gasteiger partial charge in [-0.3, -0.25) is 14.4 Å². The summed E-state index contributed by atoms with van der Waals surface area (Å²) in [7, 11) is 0. The topological polar surface area (TPSA) is 87.3 Å². The molecule has 0 spiro atoms. The van der Waals surface area contributed by atoms with Gasteiger partial charge in [-0.05, 0) is 31.9 Å². The lowest BCUT2D eigenvalue weighted by molar-refractivity contribution is -0.128. The van der Waals surface area contributed by atoms with Crippen molar-refractivity contribution in [2.45, 2.75) is 39.8 Å². The molecule has 0 aliphatic rings. The molecule has 3 N–H and O–H groups in total. The Morgan fingerprint density at radius 3 is 2.21 bits per heavy atom. The van der Waals surface area contributed by atoms with Crippen molar-refractivity contribution >= 4 is 29.3 Å². The molecule has 0 heterocycles. The number of nitrogens with one attached hydrogen (secondary N) is 3. The highest BCUT2D eigenvalue weighted by atomic mass is 35.5. The molecule has 0 saturated carbocycles. The van der Waals surface area contributed by atoms with E-state index in [1.54, 1.807) is 24.3 Å². The van der Waals surface area contributed by atoms with Crippen LogP contribution in [-0.2, 0) is 9.59 Å². The van der Waals surface area contributed by atoms with Crippen LogP contribution in [0.3, 0.4) is 0 Å². The standard InChI is InChI=1S/C17H24ClN3O3/c1-10(2)15(17(24)19-9-14(22)20-11(3)4)21-16(23)12-7-5-6-8-13(12)18/h5-8,10-11,15H,9H2,1-4H3,(H,19,24)(H,20,22)(H,21,23)/t15-/m0/s1. The van der Waals surface area contributed by atoms with E-state index in [1.807, 2.05) is 27.7 Å². The van der Waals surface area contributed by atoms with Crippen LogP contribution in [0.4, 0.5) is 0 Å². The van der Waals surface area contributed by atoms with E-state index >= 15 is 0 Å². The number of benzene rings is 1. The first-order chi connectivity index (χ1) is 11.2. The van der Waals surface area contributed by atoms with Gasteiger partial charge < -0.3 is 16.0 Å². The van der Waals surface area contributed by atoms with Crippen molar-refractivity contribution in [1.82, 2.24) is 16.0 Å². The van der Waals surface area contributed by atoms with Gasteiger partial charge in [-0.25, -0.2) is 0 Å². The number of amides is 3.